The van der Waals surface area contributed by atoms with Crippen LogP contribution in [0.1, 0.15) is 11.4 Å². The quantitative estimate of drug-likeness (QED) is 0.462. The van der Waals surface area contributed by atoms with Gasteiger partial charge in [-0.25, -0.2) is 4.98 Å². The molecule has 0 saturated carbocycles. The van der Waals surface area contributed by atoms with Crippen molar-refractivity contribution in [1.82, 2.24) is 4.98 Å². The minimum Gasteiger partial charge on any atom is -0.405 e. The van der Waals surface area contributed by atoms with Crippen LogP contribution < -0.4 is 11.5 Å². The van der Waals surface area contributed by atoms with Crippen molar-refractivity contribution in [2.45, 2.75) is 0 Å². The summed E-state index contributed by atoms with van der Waals surface area (Å²) in [7, 11) is 0. The van der Waals surface area contributed by atoms with Crippen molar-refractivity contribution < 1.29 is 0 Å². The lowest BCUT2D eigenvalue weighted by molar-refractivity contribution is 1.22. The molecule has 5 heteroatoms. The van der Waals surface area contributed by atoms with E-state index in [4.69, 9.17) is 22.3 Å². The van der Waals surface area contributed by atoms with Crippen molar-refractivity contribution in [2.24, 2.45) is 11.5 Å². The molecular formula is C13H15N5. The summed E-state index contributed by atoms with van der Waals surface area (Å²) in [5.74, 6) is 0. The van der Waals surface area contributed by atoms with Gasteiger partial charge < -0.3 is 16.9 Å². The van der Waals surface area contributed by atoms with Gasteiger partial charge in [0.1, 0.15) is 0 Å². The highest BCUT2D eigenvalue weighted by molar-refractivity contribution is 6.06. The zero-order valence-electron chi connectivity index (χ0n) is 9.80. The number of nitrogens with one attached hydrogen (secondary N) is 2. The predicted molar refractivity (Wildman–Crippen MR) is 74.5 cm³/mol. The number of rotatable bonds is 5. The van der Waals surface area contributed by atoms with Crippen molar-refractivity contribution in [3.05, 3.63) is 60.1 Å². The number of aromatic nitrogens is 1. The van der Waals surface area contributed by atoms with Crippen LogP contribution in [0.25, 0.3) is 5.70 Å². The van der Waals surface area contributed by atoms with Crippen LogP contribution in [-0.4, -0.2) is 16.9 Å². The molecule has 1 rings (SSSR count). The van der Waals surface area contributed by atoms with Crippen LogP contribution in [0.4, 0.5) is 0 Å². The number of nitrogens with zero attached hydrogens (tertiary/aromatic N) is 1. The van der Waals surface area contributed by atoms with Crippen LogP contribution in [0.2, 0.25) is 0 Å². The average Bonchev–Trinajstić information content (AvgIpc) is 2.42. The second kappa shape index (κ2) is 6.80. The van der Waals surface area contributed by atoms with Gasteiger partial charge in [0, 0.05) is 6.21 Å². The third kappa shape index (κ3) is 3.71. The molecule has 0 radical (unpaired) electrons. The van der Waals surface area contributed by atoms with Crippen molar-refractivity contribution in [1.29, 1.82) is 10.8 Å². The van der Waals surface area contributed by atoms with E-state index in [2.05, 4.69) is 4.98 Å². The maximum absolute atomic E-state index is 7.76. The largest absolute Gasteiger partial charge is 0.405 e. The lowest BCUT2D eigenvalue weighted by Crippen LogP contribution is -2.04. The Morgan fingerprint density at radius 1 is 1.22 bits per heavy atom. The van der Waals surface area contributed by atoms with Crippen molar-refractivity contribution in [2.75, 3.05) is 0 Å². The molecule has 0 spiro atoms. The number of nitrogens with two attached hydrogens (primary N) is 2. The van der Waals surface area contributed by atoms with Gasteiger partial charge in [-0.05, 0) is 42.6 Å². The van der Waals surface area contributed by atoms with Gasteiger partial charge in [-0.2, -0.15) is 0 Å². The maximum atomic E-state index is 7.76. The van der Waals surface area contributed by atoms with Crippen molar-refractivity contribution in [3.8, 4) is 0 Å². The molecule has 0 atom stereocenters. The summed E-state index contributed by atoms with van der Waals surface area (Å²) < 4.78 is 0. The van der Waals surface area contributed by atoms with Crippen LogP contribution in [-0.2, 0) is 0 Å². The number of hydrogen-bond donors (Lipinski definition) is 4. The van der Waals surface area contributed by atoms with E-state index < -0.39 is 0 Å². The first kappa shape index (κ1) is 13.4. The van der Waals surface area contributed by atoms with Gasteiger partial charge in [0.25, 0.3) is 0 Å². The molecule has 0 unspecified atom stereocenters. The van der Waals surface area contributed by atoms with Crippen LogP contribution in [0.15, 0.2) is 48.7 Å². The Bertz CT molecular complexity index is 526. The lowest BCUT2D eigenvalue weighted by atomic mass is 10.2. The highest BCUT2D eigenvalue weighted by Gasteiger charge is 2.02. The average molecular weight is 241 g/mol. The normalized spacial score (nSPS) is 12.1. The molecule has 1 heterocycles. The third-order valence-corrected chi connectivity index (χ3v) is 2.07. The summed E-state index contributed by atoms with van der Waals surface area (Å²) in [4.78, 5) is 4.26. The van der Waals surface area contributed by atoms with Gasteiger partial charge in [-0.1, -0.05) is 6.07 Å². The fourth-order valence-corrected chi connectivity index (χ4v) is 1.22. The Morgan fingerprint density at radius 3 is 2.61 bits per heavy atom. The van der Waals surface area contributed by atoms with Gasteiger partial charge in [-0.15, -0.1) is 0 Å². The van der Waals surface area contributed by atoms with Crippen LogP contribution >= 0.6 is 0 Å². The van der Waals surface area contributed by atoms with Crippen LogP contribution in [0.5, 0.6) is 0 Å². The minimum absolute atomic E-state index is 0.225. The van der Waals surface area contributed by atoms with Gasteiger partial charge in [0.05, 0.1) is 22.8 Å². The Labute approximate surface area is 106 Å². The predicted octanol–water partition coefficient (Wildman–Crippen LogP) is 1.43. The van der Waals surface area contributed by atoms with Crippen LogP contribution in [0.3, 0.4) is 0 Å². The lowest BCUT2D eigenvalue weighted by Gasteiger charge is -2.03. The summed E-state index contributed by atoms with van der Waals surface area (Å²) in [5.41, 5.74) is 12.8. The Kier molecular flexibility index (Phi) is 5.05. The Balaban J connectivity index is 3.02. The molecule has 0 aliphatic carbocycles. The zero-order valence-corrected chi connectivity index (χ0v) is 9.80. The van der Waals surface area contributed by atoms with E-state index in [1.165, 1.54) is 18.4 Å². The first-order chi connectivity index (χ1) is 8.69. The maximum Gasteiger partial charge on any atom is 0.0887 e. The molecule has 0 saturated heterocycles. The number of allylic oxidation sites excluding steroid dienone is 4. The molecule has 6 N–H and O–H groups in total. The monoisotopic (exact) mass is 241 g/mol. The number of pyridine rings is 1. The van der Waals surface area contributed by atoms with E-state index in [0.29, 0.717) is 17.1 Å². The molecule has 0 aliphatic rings. The standard InChI is InChI=1S/C13H15N5/c14-8-2-4-10(16)12-6-1-7-13(18-12)11(17)5-3-9-15/h1-9,14,16H,15,17H2/b4-2-,9-3-,11-5-,14-8?,16-10?. The SMILES string of the molecule is N=C/C=C\C(=N)c1cccc(/C(N)=C/C=C\N)n1. The van der Waals surface area contributed by atoms with Gasteiger partial charge >= 0.3 is 0 Å². The summed E-state index contributed by atoms with van der Waals surface area (Å²) >= 11 is 0. The Morgan fingerprint density at radius 2 is 1.94 bits per heavy atom. The van der Waals surface area contributed by atoms with Gasteiger partial charge in [0.15, 0.2) is 0 Å². The first-order valence-electron chi connectivity index (χ1n) is 5.26. The number of hydrogen-bond acceptors (Lipinski definition) is 5. The fourth-order valence-electron chi connectivity index (χ4n) is 1.22. The topological polar surface area (TPSA) is 113 Å². The molecule has 1 aromatic rings. The third-order valence-electron chi connectivity index (χ3n) is 2.07. The van der Waals surface area contributed by atoms with E-state index in [0.717, 1.165) is 6.21 Å². The minimum atomic E-state index is 0.225. The summed E-state index contributed by atoms with van der Waals surface area (Å²) in [6.45, 7) is 0. The summed E-state index contributed by atoms with van der Waals surface area (Å²) in [6.07, 6.45) is 8.71. The van der Waals surface area contributed by atoms with Gasteiger partial charge in [0.2, 0.25) is 0 Å². The van der Waals surface area contributed by atoms with E-state index >= 15 is 0 Å². The van der Waals surface area contributed by atoms with Crippen molar-refractivity contribution >= 4 is 17.6 Å². The van der Waals surface area contributed by atoms with Crippen molar-refractivity contribution in [3.63, 3.8) is 0 Å². The van der Waals surface area contributed by atoms with E-state index in [-0.39, 0.29) is 5.71 Å². The zero-order chi connectivity index (χ0) is 13.4. The summed E-state index contributed by atoms with van der Waals surface area (Å²) in [6, 6.07) is 5.25. The molecule has 0 fully saturated rings. The molecule has 0 aliphatic heterocycles. The van der Waals surface area contributed by atoms with E-state index in [9.17, 15) is 0 Å². The summed E-state index contributed by atoms with van der Waals surface area (Å²) in [5, 5.41) is 14.6. The molecular weight excluding hydrogens is 226 g/mol. The first-order valence-corrected chi connectivity index (χ1v) is 5.26. The molecule has 0 aromatic carbocycles. The molecule has 18 heavy (non-hydrogen) atoms. The van der Waals surface area contributed by atoms with Gasteiger partial charge in [-0.3, -0.25) is 5.41 Å². The Hall–Kier alpha value is -2.69. The smallest absolute Gasteiger partial charge is 0.0887 e. The second-order valence-corrected chi connectivity index (χ2v) is 3.35. The molecule has 92 valence electrons. The molecule has 0 bridgehead atoms. The van der Waals surface area contributed by atoms with E-state index in [1.54, 1.807) is 30.4 Å². The highest BCUT2D eigenvalue weighted by Crippen LogP contribution is 2.08. The fraction of sp³-hybridized carbons (Fsp3) is 0. The second-order valence-electron chi connectivity index (χ2n) is 3.35. The van der Waals surface area contributed by atoms with Crippen LogP contribution in [0, 0.1) is 10.8 Å². The molecule has 0 amide bonds. The van der Waals surface area contributed by atoms with E-state index in [1.807, 2.05) is 0 Å². The molecule has 1 aromatic heterocycles. The highest BCUT2D eigenvalue weighted by atomic mass is 14.8. The molecule has 5 nitrogen and oxygen atoms in total.